The van der Waals surface area contributed by atoms with Crippen LogP contribution < -0.4 is 5.32 Å². The molecule has 2 aromatic rings. The van der Waals surface area contributed by atoms with Crippen LogP contribution in [0, 0.1) is 6.92 Å². The molecule has 0 radical (unpaired) electrons. The first kappa shape index (κ1) is 11.2. The topological polar surface area (TPSA) is 72.2 Å². The Morgan fingerprint density at radius 1 is 1.33 bits per heavy atom. The van der Waals surface area contributed by atoms with Crippen molar-refractivity contribution < 1.29 is 14.0 Å². The van der Waals surface area contributed by atoms with Gasteiger partial charge in [0.1, 0.15) is 5.52 Å². The largest absolute Gasteiger partial charge is 0.440 e. The second kappa shape index (κ2) is 3.78. The number of fused-ring (bicyclic) bond motifs is 1. The van der Waals surface area contributed by atoms with Gasteiger partial charge in [-0.25, -0.2) is 4.98 Å². The highest BCUT2D eigenvalue weighted by Gasteiger charge is 2.25. The zero-order valence-electron chi connectivity index (χ0n) is 9.28. The van der Waals surface area contributed by atoms with Gasteiger partial charge in [-0.2, -0.15) is 0 Å². The minimum Gasteiger partial charge on any atom is -0.440 e. The van der Waals surface area contributed by atoms with Crippen molar-refractivity contribution in [2.45, 2.75) is 6.92 Å². The second-order valence-corrected chi connectivity index (χ2v) is 4.74. The Morgan fingerprint density at radius 3 is 2.78 bits per heavy atom. The first-order valence-corrected chi connectivity index (χ1v) is 5.98. The van der Waals surface area contributed by atoms with Gasteiger partial charge in [-0.05, 0) is 22.0 Å². The molecule has 1 aliphatic heterocycles. The Kier molecular flexibility index (Phi) is 2.34. The molecule has 1 aliphatic rings. The number of halogens is 1. The third kappa shape index (κ3) is 1.57. The van der Waals surface area contributed by atoms with E-state index in [2.05, 4.69) is 26.2 Å². The minimum absolute atomic E-state index is 0.311. The Morgan fingerprint density at radius 2 is 2.11 bits per heavy atom. The number of hydrogen-bond acceptors (Lipinski definition) is 4. The van der Waals surface area contributed by atoms with Gasteiger partial charge in [-0.15, -0.1) is 0 Å². The first-order chi connectivity index (χ1) is 8.56. The van der Waals surface area contributed by atoms with Crippen LogP contribution in [0.2, 0.25) is 0 Å². The molecule has 2 amide bonds. The van der Waals surface area contributed by atoms with E-state index >= 15 is 0 Å². The van der Waals surface area contributed by atoms with Crippen molar-refractivity contribution in [2.75, 3.05) is 0 Å². The van der Waals surface area contributed by atoms with Crippen LogP contribution in [0.4, 0.5) is 0 Å². The third-order valence-corrected chi connectivity index (χ3v) is 3.27. The molecule has 1 N–H and O–H groups in total. The number of hydrogen-bond donors (Lipinski definition) is 1. The molecule has 5 nitrogen and oxygen atoms in total. The predicted molar refractivity (Wildman–Crippen MR) is 67.6 cm³/mol. The van der Waals surface area contributed by atoms with Crippen LogP contribution in [0.5, 0.6) is 0 Å². The number of rotatable bonds is 1. The summed E-state index contributed by atoms with van der Waals surface area (Å²) in [5.41, 5.74) is 2.04. The molecule has 18 heavy (non-hydrogen) atoms. The Bertz CT molecular complexity index is 730. The molecule has 0 spiro atoms. The number of imide groups is 1. The minimum atomic E-state index is -0.413. The van der Waals surface area contributed by atoms with Crippen molar-refractivity contribution in [1.82, 2.24) is 10.3 Å². The lowest BCUT2D eigenvalue weighted by atomic mass is 10.1. The van der Waals surface area contributed by atoms with Crippen LogP contribution >= 0.6 is 15.9 Å². The number of aromatic nitrogens is 1. The van der Waals surface area contributed by atoms with E-state index in [-0.39, 0.29) is 0 Å². The van der Waals surface area contributed by atoms with Gasteiger partial charge in [-0.3, -0.25) is 14.9 Å². The maximum Gasteiger partial charge on any atom is 0.258 e. The third-order valence-electron chi connectivity index (χ3n) is 2.65. The van der Waals surface area contributed by atoms with Crippen LogP contribution in [-0.4, -0.2) is 16.8 Å². The number of nitrogens with zero attached hydrogens (tertiary/aromatic N) is 1. The van der Waals surface area contributed by atoms with Gasteiger partial charge in [0.2, 0.25) is 0 Å². The molecule has 0 aliphatic carbocycles. The maximum absolute atomic E-state index is 11.7. The normalized spacial score (nSPS) is 15.1. The lowest BCUT2D eigenvalue weighted by Gasteiger charge is -2.01. The molecule has 3 rings (SSSR count). The van der Waals surface area contributed by atoms with E-state index in [9.17, 15) is 9.59 Å². The summed E-state index contributed by atoms with van der Waals surface area (Å²) in [4.78, 5) is 27.1. The van der Waals surface area contributed by atoms with Gasteiger partial charge in [0.15, 0.2) is 11.5 Å². The lowest BCUT2D eigenvalue weighted by molar-refractivity contribution is -0.123. The number of carbonyl (C=O) groups is 2. The van der Waals surface area contributed by atoms with Crippen LogP contribution in [0.3, 0.4) is 0 Å². The summed E-state index contributed by atoms with van der Waals surface area (Å²) in [5.74, 6) is -0.320. The highest BCUT2D eigenvalue weighted by atomic mass is 79.9. The van der Waals surface area contributed by atoms with E-state index in [1.54, 1.807) is 19.1 Å². The standard InChI is InChI=1S/C12H7BrN2O3/c1-5-14-10-6(2-3-8(13)11(10)18-5)7-4-9(16)15-12(7)17/h2-4H,1H3,(H,15,16,17). The van der Waals surface area contributed by atoms with Gasteiger partial charge >= 0.3 is 0 Å². The Hall–Kier alpha value is -1.95. The summed E-state index contributed by atoms with van der Waals surface area (Å²) < 4.78 is 6.22. The van der Waals surface area contributed by atoms with Crippen molar-refractivity contribution in [1.29, 1.82) is 0 Å². The van der Waals surface area contributed by atoms with E-state index in [0.717, 1.165) is 4.47 Å². The molecule has 2 heterocycles. The van der Waals surface area contributed by atoms with Crippen LogP contribution in [0.15, 0.2) is 27.1 Å². The quantitative estimate of drug-likeness (QED) is 0.817. The zero-order chi connectivity index (χ0) is 12.9. The fraction of sp³-hybridized carbons (Fsp3) is 0.0833. The smallest absolute Gasteiger partial charge is 0.258 e. The van der Waals surface area contributed by atoms with Crippen molar-refractivity contribution in [3.05, 3.63) is 34.1 Å². The van der Waals surface area contributed by atoms with Gasteiger partial charge in [0.05, 0.1) is 10.0 Å². The fourth-order valence-electron chi connectivity index (χ4n) is 1.91. The second-order valence-electron chi connectivity index (χ2n) is 3.88. The van der Waals surface area contributed by atoms with E-state index < -0.39 is 11.8 Å². The van der Waals surface area contributed by atoms with Crippen LogP contribution in [0.1, 0.15) is 11.5 Å². The SMILES string of the molecule is Cc1nc2c(C3=CC(=O)NC3=O)ccc(Br)c2o1. The molecular formula is C12H7BrN2O3. The molecule has 0 saturated heterocycles. The predicted octanol–water partition coefficient (Wildman–Crippen LogP) is 1.94. The van der Waals surface area contributed by atoms with Gasteiger partial charge in [0.25, 0.3) is 11.8 Å². The highest BCUT2D eigenvalue weighted by Crippen LogP contribution is 2.32. The van der Waals surface area contributed by atoms with Crippen molar-refractivity contribution in [2.24, 2.45) is 0 Å². The monoisotopic (exact) mass is 306 g/mol. The van der Waals surface area contributed by atoms with E-state index in [1.807, 2.05) is 0 Å². The van der Waals surface area contributed by atoms with Gasteiger partial charge in [-0.1, -0.05) is 6.07 Å². The van der Waals surface area contributed by atoms with Crippen LogP contribution in [-0.2, 0) is 9.59 Å². The van der Waals surface area contributed by atoms with Crippen molar-refractivity contribution >= 4 is 44.4 Å². The summed E-state index contributed by atoms with van der Waals surface area (Å²) in [6, 6.07) is 3.50. The number of oxazole rings is 1. The first-order valence-electron chi connectivity index (χ1n) is 5.19. The average Bonchev–Trinajstić information content (AvgIpc) is 2.83. The van der Waals surface area contributed by atoms with Crippen molar-refractivity contribution in [3.63, 3.8) is 0 Å². The number of nitrogens with one attached hydrogen (secondary N) is 1. The fourth-order valence-corrected chi connectivity index (χ4v) is 2.31. The van der Waals surface area contributed by atoms with E-state index in [4.69, 9.17) is 4.42 Å². The average molecular weight is 307 g/mol. The summed E-state index contributed by atoms with van der Waals surface area (Å²) >= 11 is 3.36. The molecule has 0 atom stereocenters. The number of benzene rings is 1. The van der Waals surface area contributed by atoms with E-state index in [1.165, 1.54) is 6.08 Å². The molecule has 0 unspecified atom stereocenters. The molecule has 6 heteroatoms. The maximum atomic E-state index is 11.7. The molecular weight excluding hydrogens is 300 g/mol. The van der Waals surface area contributed by atoms with Gasteiger partial charge in [0, 0.05) is 18.6 Å². The molecule has 90 valence electrons. The molecule has 0 bridgehead atoms. The summed E-state index contributed by atoms with van der Waals surface area (Å²) in [5, 5.41) is 2.21. The Labute approximate surface area is 110 Å². The number of amides is 2. The highest BCUT2D eigenvalue weighted by molar-refractivity contribution is 9.10. The molecule has 1 aromatic carbocycles. The van der Waals surface area contributed by atoms with Crippen molar-refractivity contribution in [3.8, 4) is 0 Å². The summed E-state index contributed by atoms with van der Waals surface area (Å²) in [6.07, 6.45) is 1.27. The molecule has 0 saturated carbocycles. The Balaban J connectivity index is 2.31. The van der Waals surface area contributed by atoms with Crippen LogP contribution in [0.25, 0.3) is 16.7 Å². The summed E-state index contributed by atoms with van der Waals surface area (Å²) in [7, 11) is 0. The van der Waals surface area contributed by atoms with E-state index in [0.29, 0.717) is 28.1 Å². The van der Waals surface area contributed by atoms with Gasteiger partial charge < -0.3 is 4.42 Å². The molecule has 1 aromatic heterocycles. The lowest BCUT2D eigenvalue weighted by Crippen LogP contribution is -2.21. The summed E-state index contributed by atoms with van der Waals surface area (Å²) in [6.45, 7) is 1.73. The zero-order valence-corrected chi connectivity index (χ0v) is 10.9. The number of aryl methyl sites for hydroxylation is 1. The molecule has 0 fully saturated rings. The number of carbonyl (C=O) groups excluding carboxylic acids is 2.